The van der Waals surface area contributed by atoms with Crippen molar-refractivity contribution in [2.24, 2.45) is 0 Å². The summed E-state index contributed by atoms with van der Waals surface area (Å²) in [6.45, 7) is 0. The molecule has 2 aromatic rings. The predicted molar refractivity (Wildman–Crippen MR) is 91.0 cm³/mol. The molecule has 1 aliphatic rings. The maximum atomic E-state index is 12.6. The van der Waals surface area contributed by atoms with E-state index in [1.165, 1.54) is 18.2 Å². The molecule has 0 spiro atoms. The average molecular weight is 358 g/mol. The fraction of sp³-hybridized carbons (Fsp3) is 0. The second kappa shape index (κ2) is 6.36. The summed E-state index contributed by atoms with van der Waals surface area (Å²) < 4.78 is 0. The minimum absolute atomic E-state index is 0.0252. The minimum atomic E-state index is -0.610. The quantitative estimate of drug-likeness (QED) is 0.486. The molecule has 2 N–H and O–H groups in total. The van der Waals surface area contributed by atoms with Gasteiger partial charge < -0.3 is 10.6 Å². The lowest BCUT2D eigenvalue weighted by Gasteiger charge is -2.22. The summed E-state index contributed by atoms with van der Waals surface area (Å²) in [5, 5.41) is 15.3. The molecule has 118 valence electrons. The molecule has 24 heavy (non-hydrogen) atoms. The molecule has 0 radical (unpaired) electrons. The zero-order valence-electron chi connectivity index (χ0n) is 12.1. The number of rotatable bonds is 2. The molecule has 0 aliphatic carbocycles. The van der Waals surface area contributed by atoms with Crippen LogP contribution in [-0.4, -0.2) is 11.7 Å². The van der Waals surface area contributed by atoms with Gasteiger partial charge in [-0.3, -0.25) is 9.59 Å². The van der Waals surface area contributed by atoms with E-state index in [2.05, 4.69) is 10.6 Å². The summed E-state index contributed by atoms with van der Waals surface area (Å²) in [4.78, 5) is 24.8. The van der Waals surface area contributed by atoms with Crippen molar-refractivity contribution in [2.75, 3.05) is 5.32 Å². The van der Waals surface area contributed by atoms with E-state index in [-0.39, 0.29) is 22.0 Å². The maximum absolute atomic E-state index is 12.6. The smallest absolute Gasteiger partial charge is 0.258 e. The SMILES string of the molecule is N#CC(C(=O)c1ccc(Cl)cc1Cl)=C1NC(=O)c2ccccc2N1. The number of nitrogens with one attached hydrogen (secondary N) is 2. The van der Waals surface area contributed by atoms with E-state index < -0.39 is 11.7 Å². The highest BCUT2D eigenvalue weighted by atomic mass is 35.5. The first-order chi connectivity index (χ1) is 11.5. The fourth-order valence-corrected chi connectivity index (χ4v) is 2.78. The van der Waals surface area contributed by atoms with Crippen LogP contribution in [0.25, 0.3) is 0 Å². The monoisotopic (exact) mass is 357 g/mol. The molecule has 0 saturated carbocycles. The summed E-state index contributed by atoms with van der Waals surface area (Å²) in [5.74, 6) is -0.985. The number of allylic oxidation sites excluding steroid dienone is 1. The second-order valence-corrected chi connectivity index (χ2v) is 5.78. The normalized spacial score (nSPS) is 14.8. The third-order valence-electron chi connectivity index (χ3n) is 3.43. The zero-order chi connectivity index (χ0) is 17.3. The van der Waals surface area contributed by atoms with Crippen molar-refractivity contribution in [3.63, 3.8) is 0 Å². The first kappa shape index (κ1) is 16.1. The fourth-order valence-electron chi connectivity index (χ4n) is 2.29. The number of hydrogen-bond acceptors (Lipinski definition) is 4. The van der Waals surface area contributed by atoms with E-state index >= 15 is 0 Å². The third-order valence-corrected chi connectivity index (χ3v) is 3.98. The molecule has 3 rings (SSSR count). The third kappa shape index (κ3) is 2.85. The van der Waals surface area contributed by atoms with Gasteiger partial charge in [0, 0.05) is 10.6 Å². The number of nitriles is 1. The standard InChI is InChI=1S/C17H9Cl2N3O2/c18-9-5-6-10(13(19)7-9)15(23)12(8-20)16-21-14-4-2-1-3-11(14)17(24)22-16/h1-7,21H,(H,22,24). The number of anilines is 1. The van der Waals surface area contributed by atoms with E-state index in [4.69, 9.17) is 23.2 Å². The summed E-state index contributed by atoms with van der Waals surface area (Å²) in [6, 6.07) is 13.0. The Hall–Kier alpha value is -2.81. The Morgan fingerprint density at radius 1 is 1.08 bits per heavy atom. The van der Waals surface area contributed by atoms with Gasteiger partial charge in [0.2, 0.25) is 5.78 Å². The number of nitrogens with zero attached hydrogens (tertiary/aromatic N) is 1. The molecular formula is C17H9Cl2N3O2. The molecule has 1 amide bonds. The van der Waals surface area contributed by atoms with Crippen LogP contribution in [0, 0.1) is 11.3 Å². The summed E-state index contributed by atoms with van der Waals surface area (Å²) in [7, 11) is 0. The van der Waals surface area contributed by atoms with E-state index in [1.54, 1.807) is 24.3 Å². The Kier molecular flexibility index (Phi) is 4.26. The molecule has 0 fully saturated rings. The van der Waals surface area contributed by atoms with Crippen LogP contribution in [0.3, 0.4) is 0 Å². The van der Waals surface area contributed by atoms with Crippen LogP contribution in [0.2, 0.25) is 10.0 Å². The molecule has 5 nitrogen and oxygen atoms in total. The minimum Gasteiger partial charge on any atom is -0.340 e. The second-order valence-electron chi connectivity index (χ2n) is 4.94. The van der Waals surface area contributed by atoms with Gasteiger partial charge in [0.1, 0.15) is 17.5 Å². The van der Waals surface area contributed by atoms with Crippen molar-refractivity contribution in [2.45, 2.75) is 0 Å². The molecule has 0 saturated heterocycles. The molecule has 0 bridgehead atoms. The van der Waals surface area contributed by atoms with Crippen LogP contribution in [0.15, 0.2) is 53.9 Å². The number of Topliss-reactive ketones (excluding diaryl/α,β-unsaturated/α-hetero) is 1. The number of para-hydroxylation sites is 1. The lowest BCUT2D eigenvalue weighted by atomic mass is 10.0. The largest absolute Gasteiger partial charge is 0.340 e. The number of amides is 1. The van der Waals surface area contributed by atoms with Gasteiger partial charge in [-0.05, 0) is 30.3 Å². The molecular weight excluding hydrogens is 349 g/mol. The van der Waals surface area contributed by atoms with Gasteiger partial charge in [-0.1, -0.05) is 35.3 Å². The lowest BCUT2D eigenvalue weighted by molar-refractivity contribution is 0.0963. The number of fused-ring (bicyclic) bond motifs is 1. The van der Waals surface area contributed by atoms with Gasteiger partial charge in [0.05, 0.1) is 16.3 Å². The van der Waals surface area contributed by atoms with Crippen molar-refractivity contribution in [3.05, 3.63) is 75.0 Å². The highest BCUT2D eigenvalue weighted by molar-refractivity contribution is 6.37. The van der Waals surface area contributed by atoms with Crippen LogP contribution in [0.1, 0.15) is 20.7 Å². The van der Waals surface area contributed by atoms with Crippen molar-refractivity contribution in [1.82, 2.24) is 5.32 Å². The molecule has 0 aromatic heterocycles. The van der Waals surface area contributed by atoms with Crippen molar-refractivity contribution >= 4 is 40.6 Å². The first-order valence-corrected chi connectivity index (χ1v) is 7.58. The van der Waals surface area contributed by atoms with Crippen molar-refractivity contribution in [3.8, 4) is 6.07 Å². The predicted octanol–water partition coefficient (Wildman–Crippen LogP) is 3.77. The average Bonchev–Trinajstić information content (AvgIpc) is 2.55. The number of ketones is 1. The Labute approximate surface area is 147 Å². The lowest BCUT2D eigenvalue weighted by Crippen LogP contribution is -2.34. The molecule has 7 heteroatoms. The highest BCUT2D eigenvalue weighted by Gasteiger charge is 2.26. The van der Waals surface area contributed by atoms with Gasteiger partial charge >= 0.3 is 0 Å². The first-order valence-electron chi connectivity index (χ1n) is 6.83. The Morgan fingerprint density at radius 2 is 1.83 bits per heavy atom. The summed E-state index contributed by atoms with van der Waals surface area (Å²) >= 11 is 11.8. The van der Waals surface area contributed by atoms with Crippen molar-refractivity contribution in [1.29, 1.82) is 5.26 Å². The van der Waals surface area contributed by atoms with E-state index in [0.29, 0.717) is 16.3 Å². The number of halogens is 2. The van der Waals surface area contributed by atoms with Gasteiger partial charge in [0.15, 0.2) is 0 Å². The molecule has 1 aliphatic heterocycles. The molecule has 0 atom stereocenters. The van der Waals surface area contributed by atoms with Gasteiger partial charge in [-0.2, -0.15) is 5.26 Å². The Morgan fingerprint density at radius 3 is 2.54 bits per heavy atom. The number of carbonyl (C=O) groups is 2. The molecule has 1 heterocycles. The highest BCUT2D eigenvalue weighted by Crippen LogP contribution is 2.26. The topological polar surface area (TPSA) is 82.0 Å². The number of hydrogen-bond donors (Lipinski definition) is 2. The van der Waals surface area contributed by atoms with E-state index in [0.717, 1.165) is 0 Å². The Balaban J connectivity index is 2.06. The van der Waals surface area contributed by atoms with Crippen LogP contribution < -0.4 is 10.6 Å². The van der Waals surface area contributed by atoms with Gasteiger partial charge in [0.25, 0.3) is 5.91 Å². The van der Waals surface area contributed by atoms with E-state index in [9.17, 15) is 14.9 Å². The number of carbonyl (C=O) groups excluding carboxylic acids is 2. The number of benzene rings is 2. The van der Waals surface area contributed by atoms with Crippen LogP contribution in [0.5, 0.6) is 0 Å². The Bertz CT molecular complexity index is 945. The van der Waals surface area contributed by atoms with Gasteiger partial charge in [-0.25, -0.2) is 0 Å². The molecule has 2 aromatic carbocycles. The van der Waals surface area contributed by atoms with Crippen LogP contribution in [0.4, 0.5) is 5.69 Å². The summed E-state index contributed by atoms with van der Waals surface area (Å²) in [5.41, 5.74) is 0.816. The van der Waals surface area contributed by atoms with Crippen LogP contribution >= 0.6 is 23.2 Å². The van der Waals surface area contributed by atoms with E-state index in [1.807, 2.05) is 6.07 Å². The van der Waals surface area contributed by atoms with Gasteiger partial charge in [-0.15, -0.1) is 0 Å². The van der Waals surface area contributed by atoms with Crippen molar-refractivity contribution < 1.29 is 9.59 Å². The van der Waals surface area contributed by atoms with Crippen LogP contribution in [-0.2, 0) is 0 Å². The summed E-state index contributed by atoms with van der Waals surface area (Å²) in [6.07, 6.45) is 0. The maximum Gasteiger partial charge on any atom is 0.258 e. The zero-order valence-corrected chi connectivity index (χ0v) is 13.6. The molecule has 0 unspecified atom stereocenters.